The molecule has 0 fully saturated rings. The van der Waals surface area contributed by atoms with E-state index in [1.165, 1.54) is 18.8 Å². The molecule has 5 rings (SSSR count). The van der Waals surface area contributed by atoms with Crippen molar-refractivity contribution in [1.82, 2.24) is 4.57 Å². The summed E-state index contributed by atoms with van der Waals surface area (Å²) in [6, 6.07) is 11.9. The quantitative estimate of drug-likeness (QED) is 0.391. The third kappa shape index (κ3) is 4.42. The maximum atomic E-state index is 14.3. The molecule has 0 radical (unpaired) electrons. The summed E-state index contributed by atoms with van der Waals surface area (Å²) in [6.07, 6.45) is 1.78. The molecule has 0 unspecified atom stereocenters. The highest BCUT2D eigenvalue weighted by atomic mass is 32.1. The Hall–Kier alpha value is -4.18. The summed E-state index contributed by atoms with van der Waals surface area (Å²) in [5.74, 6) is 0.201. The van der Waals surface area contributed by atoms with Crippen LogP contribution in [0.15, 0.2) is 63.5 Å². The first kappa shape index (κ1) is 27.4. The van der Waals surface area contributed by atoms with Gasteiger partial charge in [0.1, 0.15) is 4.53 Å². The molecule has 9 nitrogen and oxygen atoms in total. The maximum absolute atomic E-state index is 14.3. The average molecular weight is 562 g/mol. The number of anilines is 1. The number of unbranched alkanes of at least 4 members (excludes halogenated alkanes) is 1. The van der Waals surface area contributed by atoms with Crippen LogP contribution in [0.25, 0.3) is 5.57 Å². The molecule has 3 heterocycles. The number of carbonyl (C=O) groups is 2. The molecular formula is C30H31N3O6S. The van der Waals surface area contributed by atoms with Gasteiger partial charge >= 0.3 is 5.97 Å². The van der Waals surface area contributed by atoms with Crippen molar-refractivity contribution < 1.29 is 23.8 Å². The van der Waals surface area contributed by atoms with Gasteiger partial charge in [0.05, 0.1) is 49.4 Å². The lowest BCUT2D eigenvalue weighted by Gasteiger charge is -2.25. The molecule has 10 heteroatoms. The van der Waals surface area contributed by atoms with Crippen LogP contribution >= 0.6 is 11.3 Å². The smallest absolute Gasteiger partial charge is 0.338 e. The van der Waals surface area contributed by atoms with Crippen LogP contribution in [0.5, 0.6) is 11.5 Å². The number of methoxy groups -OCH3 is 2. The number of para-hydroxylation sites is 1. The predicted octanol–water partition coefficient (Wildman–Crippen LogP) is 3.33. The fourth-order valence-corrected chi connectivity index (χ4v) is 6.35. The number of esters is 1. The minimum atomic E-state index is -0.840. The van der Waals surface area contributed by atoms with Gasteiger partial charge in [-0.05, 0) is 44.0 Å². The average Bonchev–Trinajstić information content (AvgIpc) is 3.42. The number of rotatable bonds is 8. The van der Waals surface area contributed by atoms with Crippen molar-refractivity contribution in [3.05, 3.63) is 84.5 Å². The van der Waals surface area contributed by atoms with Gasteiger partial charge in [0.25, 0.3) is 11.5 Å². The first-order chi connectivity index (χ1) is 19.4. The van der Waals surface area contributed by atoms with Crippen LogP contribution in [-0.2, 0) is 14.3 Å². The zero-order chi connectivity index (χ0) is 28.6. The van der Waals surface area contributed by atoms with Crippen LogP contribution in [0.4, 0.5) is 5.69 Å². The maximum Gasteiger partial charge on any atom is 0.338 e. The number of carbonyl (C=O) groups excluding carboxylic acids is 2. The second-order valence-electron chi connectivity index (χ2n) is 9.44. The molecule has 1 aromatic heterocycles. The molecule has 0 saturated heterocycles. The molecule has 208 valence electrons. The highest BCUT2D eigenvalue weighted by Gasteiger charge is 2.37. The molecule has 1 amide bonds. The van der Waals surface area contributed by atoms with Gasteiger partial charge in [-0.15, -0.1) is 0 Å². The normalized spacial score (nSPS) is 17.4. The predicted molar refractivity (Wildman–Crippen MR) is 153 cm³/mol. The van der Waals surface area contributed by atoms with Crippen molar-refractivity contribution >= 4 is 34.5 Å². The zero-order valence-corrected chi connectivity index (χ0v) is 24.0. The summed E-state index contributed by atoms with van der Waals surface area (Å²) in [5.41, 5.74) is 2.79. The monoisotopic (exact) mass is 561 g/mol. The molecular weight excluding hydrogens is 530 g/mol. The number of benzene rings is 2. The minimum Gasteiger partial charge on any atom is -0.493 e. The standard InChI is InChI=1S/C30H31N3O6S/c1-6-8-15-32-20-12-10-9-11-19(20)24(27(32)34)26-28(35)33-25(18-13-14-21(37-4)22(16-18)38-5)23(29(36)39-7-2)17(3)31-30(33)40-26/h9-14,16,25H,6-8,15H2,1-5H3/b26-24+/t25-/m1/s1. The molecule has 0 spiro atoms. The Morgan fingerprint density at radius 3 is 2.50 bits per heavy atom. The van der Waals surface area contributed by atoms with Gasteiger partial charge in [-0.2, -0.15) is 0 Å². The van der Waals surface area contributed by atoms with Crippen molar-refractivity contribution in [2.75, 3.05) is 32.3 Å². The van der Waals surface area contributed by atoms with Gasteiger partial charge in [-0.3, -0.25) is 14.2 Å². The largest absolute Gasteiger partial charge is 0.493 e. The number of allylic oxidation sites excluding steroid dienone is 1. The first-order valence-corrected chi connectivity index (χ1v) is 14.0. The van der Waals surface area contributed by atoms with E-state index in [4.69, 9.17) is 14.2 Å². The molecule has 0 aliphatic carbocycles. The fraction of sp³-hybridized carbons (Fsp3) is 0.333. The summed E-state index contributed by atoms with van der Waals surface area (Å²) in [5, 5.41) is 0. The number of amides is 1. The molecule has 2 aliphatic heterocycles. The van der Waals surface area contributed by atoms with Gasteiger partial charge in [0.2, 0.25) is 0 Å². The van der Waals surface area contributed by atoms with Gasteiger partial charge in [0, 0.05) is 12.1 Å². The molecule has 2 aromatic carbocycles. The molecule has 0 bridgehead atoms. The summed E-state index contributed by atoms with van der Waals surface area (Å²) >= 11 is 1.16. The highest BCUT2D eigenvalue weighted by Crippen LogP contribution is 2.37. The van der Waals surface area contributed by atoms with E-state index in [-0.39, 0.29) is 18.1 Å². The Morgan fingerprint density at radius 1 is 1.05 bits per heavy atom. The van der Waals surface area contributed by atoms with Crippen molar-refractivity contribution in [3.63, 3.8) is 0 Å². The minimum absolute atomic E-state index is 0.168. The van der Waals surface area contributed by atoms with Gasteiger partial charge < -0.3 is 19.1 Å². The summed E-state index contributed by atoms with van der Waals surface area (Å²) < 4.78 is 18.1. The van der Waals surface area contributed by atoms with Crippen LogP contribution in [0.3, 0.4) is 0 Å². The Bertz CT molecular complexity index is 1720. The Morgan fingerprint density at radius 2 is 1.80 bits per heavy atom. The first-order valence-electron chi connectivity index (χ1n) is 13.2. The van der Waals surface area contributed by atoms with E-state index in [2.05, 4.69) is 11.9 Å². The topological polar surface area (TPSA) is 99.4 Å². The molecule has 0 N–H and O–H groups in total. The van der Waals surface area contributed by atoms with Crippen molar-refractivity contribution in [2.45, 2.75) is 39.7 Å². The SMILES string of the molecule is CCCCN1C(=O)/C(=c2/sc3n(c2=O)[C@H](c2ccc(OC)c(OC)c2)C(C(=O)OCC)=C(C)N=3)c2ccccc21. The van der Waals surface area contributed by atoms with Crippen LogP contribution in [0.2, 0.25) is 0 Å². The molecule has 3 aromatic rings. The van der Waals surface area contributed by atoms with Crippen molar-refractivity contribution in [3.8, 4) is 11.5 Å². The Kier molecular flexibility index (Phi) is 7.62. The fourth-order valence-electron chi connectivity index (χ4n) is 5.22. The second kappa shape index (κ2) is 11.1. The van der Waals surface area contributed by atoms with Crippen LogP contribution in [0.1, 0.15) is 50.8 Å². The molecule has 0 saturated carbocycles. The number of hydrogen-bond acceptors (Lipinski definition) is 8. The summed E-state index contributed by atoms with van der Waals surface area (Å²) in [7, 11) is 3.06. The molecule has 1 atom stereocenters. The number of fused-ring (bicyclic) bond motifs is 2. The second-order valence-corrected chi connectivity index (χ2v) is 10.4. The van der Waals surface area contributed by atoms with E-state index in [9.17, 15) is 14.4 Å². The zero-order valence-electron chi connectivity index (χ0n) is 23.1. The van der Waals surface area contributed by atoms with Crippen LogP contribution in [0, 0.1) is 0 Å². The van der Waals surface area contributed by atoms with Gasteiger partial charge in [-0.25, -0.2) is 9.79 Å². The van der Waals surface area contributed by atoms with E-state index in [0.717, 1.165) is 35.4 Å². The van der Waals surface area contributed by atoms with Crippen LogP contribution in [-0.4, -0.2) is 43.8 Å². The van der Waals surface area contributed by atoms with Crippen molar-refractivity contribution in [1.29, 1.82) is 0 Å². The Labute approximate surface area is 235 Å². The highest BCUT2D eigenvalue weighted by molar-refractivity contribution is 7.07. The van der Waals surface area contributed by atoms with Gasteiger partial charge in [0.15, 0.2) is 16.3 Å². The van der Waals surface area contributed by atoms with E-state index in [1.54, 1.807) is 36.9 Å². The lowest BCUT2D eigenvalue weighted by molar-refractivity contribution is -0.139. The van der Waals surface area contributed by atoms with Crippen LogP contribution < -0.4 is 29.3 Å². The lowest BCUT2D eigenvalue weighted by Crippen LogP contribution is -2.41. The summed E-state index contributed by atoms with van der Waals surface area (Å²) in [4.78, 5) is 48.1. The van der Waals surface area contributed by atoms with E-state index >= 15 is 0 Å². The molecule has 2 aliphatic rings. The Balaban J connectivity index is 1.79. The number of nitrogens with zero attached hydrogens (tertiary/aromatic N) is 3. The third-order valence-corrected chi connectivity index (χ3v) is 8.15. The third-order valence-electron chi connectivity index (χ3n) is 7.10. The van der Waals surface area contributed by atoms with Crippen molar-refractivity contribution in [2.24, 2.45) is 4.99 Å². The number of aromatic nitrogens is 1. The van der Waals surface area contributed by atoms with Gasteiger partial charge in [-0.1, -0.05) is 48.9 Å². The lowest BCUT2D eigenvalue weighted by atomic mass is 9.95. The van der Waals surface area contributed by atoms with E-state index in [1.807, 2.05) is 24.3 Å². The van der Waals surface area contributed by atoms with E-state index < -0.39 is 17.6 Å². The number of thiazole rings is 1. The summed E-state index contributed by atoms with van der Waals surface area (Å²) in [6.45, 7) is 6.26. The van der Waals surface area contributed by atoms with E-state index in [0.29, 0.717) is 44.2 Å². The number of ether oxygens (including phenoxy) is 3. The number of hydrogen-bond donors (Lipinski definition) is 0. The molecule has 40 heavy (non-hydrogen) atoms.